The fraction of sp³-hybridized carbons (Fsp3) is 0.462. The van der Waals surface area contributed by atoms with Gasteiger partial charge in [-0.2, -0.15) is 0 Å². The highest BCUT2D eigenvalue weighted by molar-refractivity contribution is 7.99. The zero-order chi connectivity index (χ0) is 11.2. The van der Waals surface area contributed by atoms with Crippen LogP contribution in [0, 0.1) is 0 Å². The van der Waals surface area contributed by atoms with Crippen molar-refractivity contribution in [3.05, 3.63) is 35.9 Å². The van der Waals surface area contributed by atoms with Gasteiger partial charge in [0.25, 0.3) is 0 Å². The van der Waals surface area contributed by atoms with E-state index in [1.807, 2.05) is 18.2 Å². The molecule has 1 aromatic rings. The van der Waals surface area contributed by atoms with E-state index in [9.17, 15) is 4.79 Å². The van der Waals surface area contributed by atoms with Crippen LogP contribution >= 0.6 is 11.8 Å². The third-order valence-electron chi connectivity index (χ3n) is 2.78. The summed E-state index contributed by atoms with van der Waals surface area (Å²) in [6.45, 7) is 0.848. The van der Waals surface area contributed by atoms with E-state index in [-0.39, 0.29) is 11.2 Å². The van der Waals surface area contributed by atoms with E-state index < -0.39 is 0 Å². The van der Waals surface area contributed by atoms with E-state index in [1.165, 1.54) is 5.56 Å². The molecule has 1 aliphatic rings. The fourth-order valence-corrected chi connectivity index (χ4v) is 3.00. The van der Waals surface area contributed by atoms with E-state index in [0.29, 0.717) is 0 Å². The van der Waals surface area contributed by atoms with Gasteiger partial charge in [0.15, 0.2) is 0 Å². The fourth-order valence-electron chi connectivity index (χ4n) is 1.84. The highest BCUT2D eigenvalue weighted by Gasteiger charge is 2.20. The summed E-state index contributed by atoms with van der Waals surface area (Å²) in [6, 6.07) is 10.3. The standard InChI is InChI=1S/C13H17NOS/c15-13-12(8-4-5-9-14-13)16-10-11-6-2-1-3-7-11/h1-3,6-7,12H,4-5,8-10H2,(H,14,15)/t12-/m1/s1. The molecule has 0 aromatic heterocycles. The van der Waals surface area contributed by atoms with Crippen molar-refractivity contribution in [2.24, 2.45) is 0 Å². The number of carbonyl (C=O) groups excluding carboxylic acids is 1. The normalized spacial score (nSPS) is 21.2. The van der Waals surface area contributed by atoms with Crippen LogP contribution in [-0.2, 0) is 10.5 Å². The summed E-state index contributed by atoms with van der Waals surface area (Å²) in [6.07, 6.45) is 3.29. The maximum Gasteiger partial charge on any atom is 0.233 e. The first-order chi connectivity index (χ1) is 7.86. The second kappa shape index (κ2) is 5.94. The molecule has 16 heavy (non-hydrogen) atoms. The van der Waals surface area contributed by atoms with Crippen LogP contribution in [0.3, 0.4) is 0 Å². The number of carbonyl (C=O) groups is 1. The zero-order valence-electron chi connectivity index (χ0n) is 9.32. The Morgan fingerprint density at radius 2 is 2.06 bits per heavy atom. The van der Waals surface area contributed by atoms with Crippen LogP contribution in [0.4, 0.5) is 0 Å². The molecule has 0 unspecified atom stereocenters. The lowest BCUT2D eigenvalue weighted by molar-refractivity contribution is -0.120. The van der Waals surface area contributed by atoms with Gasteiger partial charge in [-0.15, -0.1) is 11.8 Å². The van der Waals surface area contributed by atoms with Gasteiger partial charge in [0, 0.05) is 12.3 Å². The lowest BCUT2D eigenvalue weighted by atomic mass is 10.2. The number of thioether (sulfide) groups is 1. The minimum absolute atomic E-state index is 0.141. The molecule has 3 heteroatoms. The number of hydrogen-bond acceptors (Lipinski definition) is 2. The molecule has 2 nitrogen and oxygen atoms in total. The average Bonchev–Trinajstić information content (AvgIpc) is 2.53. The van der Waals surface area contributed by atoms with E-state index >= 15 is 0 Å². The Bertz CT molecular complexity index is 339. The first kappa shape index (κ1) is 11.5. The molecule has 0 aliphatic carbocycles. The number of amides is 1. The highest BCUT2D eigenvalue weighted by Crippen LogP contribution is 2.23. The van der Waals surface area contributed by atoms with Gasteiger partial charge < -0.3 is 5.32 Å². The number of nitrogens with one attached hydrogen (secondary N) is 1. The summed E-state index contributed by atoms with van der Waals surface area (Å²) in [7, 11) is 0. The third kappa shape index (κ3) is 3.27. The Hall–Kier alpha value is -0.960. The monoisotopic (exact) mass is 235 g/mol. The lowest BCUT2D eigenvalue weighted by Crippen LogP contribution is -2.30. The van der Waals surface area contributed by atoms with Gasteiger partial charge in [-0.25, -0.2) is 0 Å². The number of hydrogen-bond donors (Lipinski definition) is 1. The molecule has 0 spiro atoms. The minimum atomic E-state index is 0.141. The van der Waals surface area contributed by atoms with Gasteiger partial charge in [-0.1, -0.05) is 36.8 Å². The molecule has 1 aromatic carbocycles. The van der Waals surface area contributed by atoms with Crippen LogP contribution in [0.1, 0.15) is 24.8 Å². The van der Waals surface area contributed by atoms with Gasteiger partial charge in [0.1, 0.15) is 0 Å². The molecule has 1 fully saturated rings. The van der Waals surface area contributed by atoms with Crippen molar-refractivity contribution in [2.75, 3.05) is 6.54 Å². The molecule has 1 N–H and O–H groups in total. The van der Waals surface area contributed by atoms with Crippen LogP contribution in [-0.4, -0.2) is 17.7 Å². The summed E-state index contributed by atoms with van der Waals surface area (Å²) in [5, 5.41) is 3.11. The smallest absolute Gasteiger partial charge is 0.233 e. The summed E-state index contributed by atoms with van der Waals surface area (Å²) >= 11 is 1.76. The van der Waals surface area contributed by atoms with Crippen LogP contribution in [0.25, 0.3) is 0 Å². The predicted molar refractivity (Wildman–Crippen MR) is 68.4 cm³/mol. The first-order valence-electron chi connectivity index (χ1n) is 5.79. The van der Waals surface area contributed by atoms with Gasteiger partial charge in [0.05, 0.1) is 5.25 Å². The summed E-state index contributed by atoms with van der Waals surface area (Å²) in [4.78, 5) is 11.7. The van der Waals surface area contributed by atoms with Gasteiger partial charge in [-0.05, 0) is 18.4 Å². The van der Waals surface area contributed by atoms with Crippen molar-refractivity contribution in [3.63, 3.8) is 0 Å². The highest BCUT2D eigenvalue weighted by atomic mass is 32.2. The van der Waals surface area contributed by atoms with Crippen molar-refractivity contribution < 1.29 is 4.79 Å². The Morgan fingerprint density at radius 1 is 1.25 bits per heavy atom. The quantitative estimate of drug-likeness (QED) is 0.872. The van der Waals surface area contributed by atoms with Crippen molar-refractivity contribution in [2.45, 2.75) is 30.3 Å². The van der Waals surface area contributed by atoms with E-state index in [0.717, 1.165) is 31.6 Å². The SMILES string of the molecule is O=C1NCCCC[C@H]1SCc1ccccc1. The second-order valence-corrected chi connectivity index (χ2v) is 5.26. The molecule has 1 aliphatic heterocycles. The molecule has 1 heterocycles. The predicted octanol–water partition coefficient (Wildman–Crippen LogP) is 2.59. The molecular formula is C13H17NOS. The molecule has 86 valence electrons. The summed E-state index contributed by atoms with van der Waals surface area (Å²) in [5.41, 5.74) is 1.30. The summed E-state index contributed by atoms with van der Waals surface area (Å²) in [5.74, 6) is 1.15. The Labute approximate surface area is 101 Å². The topological polar surface area (TPSA) is 29.1 Å². The van der Waals surface area contributed by atoms with Crippen LogP contribution in [0.5, 0.6) is 0 Å². The Kier molecular flexibility index (Phi) is 4.28. The second-order valence-electron chi connectivity index (χ2n) is 4.07. The minimum Gasteiger partial charge on any atom is -0.355 e. The average molecular weight is 235 g/mol. The maximum absolute atomic E-state index is 11.7. The van der Waals surface area contributed by atoms with Crippen molar-refractivity contribution in [3.8, 4) is 0 Å². The maximum atomic E-state index is 11.7. The molecule has 1 atom stereocenters. The zero-order valence-corrected chi connectivity index (χ0v) is 10.1. The van der Waals surface area contributed by atoms with Crippen molar-refractivity contribution in [1.29, 1.82) is 0 Å². The van der Waals surface area contributed by atoms with Crippen LogP contribution in [0.15, 0.2) is 30.3 Å². The Balaban J connectivity index is 1.86. The van der Waals surface area contributed by atoms with E-state index in [4.69, 9.17) is 0 Å². The largest absolute Gasteiger partial charge is 0.355 e. The Morgan fingerprint density at radius 3 is 2.88 bits per heavy atom. The van der Waals surface area contributed by atoms with Gasteiger partial charge in [0.2, 0.25) is 5.91 Å². The van der Waals surface area contributed by atoms with Crippen LogP contribution in [0.2, 0.25) is 0 Å². The molecular weight excluding hydrogens is 218 g/mol. The van der Waals surface area contributed by atoms with Crippen molar-refractivity contribution >= 4 is 17.7 Å². The molecule has 1 amide bonds. The molecule has 0 radical (unpaired) electrons. The summed E-state index contributed by atoms with van der Waals surface area (Å²) < 4.78 is 0. The van der Waals surface area contributed by atoms with E-state index in [1.54, 1.807) is 11.8 Å². The lowest BCUT2D eigenvalue weighted by Gasteiger charge is -2.12. The van der Waals surface area contributed by atoms with Crippen molar-refractivity contribution in [1.82, 2.24) is 5.32 Å². The first-order valence-corrected chi connectivity index (χ1v) is 6.84. The number of benzene rings is 1. The third-order valence-corrected chi connectivity index (χ3v) is 4.13. The van der Waals surface area contributed by atoms with E-state index in [2.05, 4.69) is 17.4 Å². The number of rotatable bonds is 3. The molecule has 0 bridgehead atoms. The van der Waals surface area contributed by atoms with Gasteiger partial charge in [-0.3, -0.25) is 4.79 Å². The van der Waals surface area contributed by atoms with Crippen LogP contribution < -0.4 is 5.32 Å². The molecule has 2 rings (SSSR count). The van der Waals surface area contributed by atoms with Gasteiger partial charge >= 0.3 is 0 Å². The molecule has 0 saturated carbocycles. The molecule has 1 saturated heterocycles.